The molecular formula is C13H15NO7. The van der Waals surface area contributed by atoms with Crippen LogP contribution < -0.4 is 10.1 Å². The van der Waals surface area contributed by atoms with Crippen LogP contribution in [-0.2, 0) is 9.59 Å². The molecule has 0 aromatic heterocycles. The fourth-order valence-corrected chi connectivity index (χ4v) is 1.59. The van der Waals surface area contributed by atoms with Crippen LogP contribution in [0, 0.1) is 0 Å². The summed E-state index contributed by atoms with van der Waals surface area (Å²) < 4.78 is 4.86. The van der Waals surface area contributed by atoms with Crippen molar-refractivity contribution in [3.8, 4) is 11.5 Å². The molecule has 0 aliphatic heterocycles. The number of ether oxygens (including phenoxy) is 1. The summed E-state index contributed by atoms with van der Waals surface area (Å²) in [5, 5.41) is 29.3. The molecule has 1 aromatic carbocycles. The van der Waals surface area contributed by atoms with Gasteiger partial charge in [0.2, 0.25) is 0 Å². The molecule has 114 valence electrons. The zero-order valence-electron chi connectivity index (χ0n) is 11.2. The number of phenols is 1. The maximum absolute atomic E-state index is 11.9. The Kier molecular flexibility index (Phi) is 5.53. The summed E-state index contributed by atoms with van der Waals surface area (Å²) in [5.41, 5.74) is -0.127. The van der Waals surface area contributed by atoms with E-state index in [1.807, 2.05) is 0 Å². The average Bonchev–Trinajstić information content (AvgIpc) is 2.42. The van der Waals surface area contributed by atoms with E-state index in [4.69, 9.17) is 14.9 Å². The molecule has 0 fully saturated rings. The first kappa shape index (κ1) is 16.3. The summed E-state index contributed by atoms with van der Waals surface area (Å²) in [6.07, 6.45) is -0.654. The van der Waals surface area contributed by atoms with Crippen LogP contribution in [0.2, 0.25) is 0 Å². The third-order valence-corrected chi connectivity index (χ3v) is 2.70. The highest BCUT2D eigenvalue weighted by atomic mass is 16.5. The average molecular weight is 297 g/mol. The van der Waals surface area contributed by atoms with E-state index in [1.165, 1.54) is 25.3 Å². The van der Waals surface area contributed by atoms with Crippen LogP contribution in [-0.4, -0.2) is 46.3 Å². The van der Waals surface area contributed by atoms with Gasteiger partial charge in [-0.1, -0.05) is 0 Å². The molecule has 1 unspecified atom stereocenters. The normalized spacial score (nSPS) is 11.5. The molecule has 0 aliphatic carbocycles. The van der Waals surface area contributed by atoms with E-state index in [0.29, 0.717) is 5.75 Å². The SMILES string of the molecule is COc1ccc(C(=O)NC(CCC(=O)O)C(=O)O)c(O)c1. The van der Waals surface area contributed by atoms with E-state index >= 15 is 0 Å². The van der Waals surface area contributed by atoms with Crippen LogP contribution >= 0.6 is 0 Å². The van der Waals surface area contributed by atoms with Gasteiger partial charge in [-0.25, -0.2) is 4.79 Å². The van der Waals surface area contributed by atoms with E-state index < -0.39 is 30.3 Å². The number of carboxylic acid groups (broad SMARTS) is 2. The van der Waals surface area contributed by atoms with Crippen molar-refractivity contribution in [1.29, 1.82) is 0 Å². The van der Waals surface area contributed by atoms with Gasteiger partial charge in [-0.3, -0.25) is 9.59 Å². The molecule has 1 aromatic rings. The number of benzene rings is 1. The van der Waals surface area contributed by atoms with Gasteiger partial charge in [0.25, 0.3) is 5.91 Å². The molecule has 1 rings (SSSR count). The lowest BCUT2D eigenvalue weighted by atomic mass is 10.1. The Bertz CT molecular complexity index is 555. The van der Waals surface area contributed by atoms with Crippen LogP contribution in [0.25, 0.3) is 0 Å². The molecule has 0 heterocycles. The number of carbonyl (C=O) groups is 3. The maximum Gasteiger partial charge on any atom is 0.326 e. The Morgan fingerprint density at radius 1 is 1.29 bits per heavy atom. The van der Waals surface area contributed by atoms with Gasteiger partial charge >= 0.3 is 11.9 Å². The topological polar surface area (TPSA) is 133 Å². The van der Waals surface area contributed by atoms with E-state index in [-0.39, 0.29) is 17.7 Å². The smallest absolute Gasteiger partial charge is 0.326 e. The summed E-state index contributed by atoms with van der Waals surface area (Å²) >= 11 is 0. The predicted octanol–water partition coefficient (Wildman–Crippen LogP) is 0.449. The molecular weight excluding hydrogens is 282 g/mol. The minimum atomic E-state index is -1.35. The third kappa shape index (κ3) is 4.68. The summed E-state index contributed by atoms with van der Waals surface area (Å²) in [5.74, 6) is -3.35. The molecule has 1 amide bonds. The standard InChI is InChI=1S/C13H15NO7/c1-21-7-2-3-8(10(15)6-7)12(18)14-9(13(19)20)4-5-11(16)17/h2-3,6,9,15H,4-5H2,1H3,(H,14,18)(H,16,17)(H,19,20). The van der Waals surface area contributed by atoms with E-state index in [1.54, 1.807) is 0 Å². The van der Waals surface area contributed by atoms with Gasteiger partial charge in [0.15, 0.2) is 0 Å². The fourth-order valence-electron chi connectivity index (χ4n) is 1.59. The summed E-state index contributed by atoms with van der Waals surface area (Å²) in [6.45, 7) is 0. The highest BCUT2D eigenvalue weighted by Gasteiger charge is 2.23. The van der Waals surface area contributed by atoms with Crippen molar-refractivity contribution in [2.24, 2.45) is 0 Å². The molecule has 0 aliphatic rings. The molecule has 4 N–H and O–H groups in total. The first-order valence-corrected chi connectivity index (χ1v) is 5.97. The minimum Gasteiger partial charge on any atom is -0.507 e. The second-order valence-electron chi connectivity index (χ2n) is 4.18. The van der Waals surface area contributed by atoms with Crippen LogP contribution in [0.1, 0.15) is 23.2 Å². The minimum absolute atomic E-state index is 0.127. The van der Waals surface area contributed by atoms with Crippen LogP contribution in [0.5, 0.6) is 11.5 Å². The number of aliphatic carboxylic acids is 2. The Labute approximate surface area is 120 Å². The van der Waals surface area contributed by atoms with E-state index in [0.717, 1.165) is 0 Å². The lowest BCUT2D eigenvalue weighted by molar-refractivity contribution is -0.140. The number of amides is 1. The van der Waals surface area contributed by atoms with Crippen molar-refractivity contribution in [3.63, 3.8) is 0 Å². The highest BCUT2D eigenvalue weighted by molar-refractivity contribution is 5.99. The highest BCUT2D eigenvalue weighted by Crippen LogP contribution is 2.23. The zero-order chi connectivity index (χ0) is 16.0. The number of carbonyl (C=O) groups excluding carboxylic acids is 1. The third-order valence-electron chi connectivity index (χ3n) is 2.70. The summed E-state index contributed by atoms with van der Waals surface area (Å²) in [4.78, 5) is 33.3. The lowest BCUT2D eigenvalue weighted by Gasteiger charge is -2.14. The fraction of sp³-hybridized carbons (Fsp3) is 0.308. The molecule has 8 nitrogen and oxygen atoms in total. The molecule has 0 saturated heterocycles. The number of carboxylic acids is 2. The van der Waals surface area contributed by atoms with Crippen LogP contribution in [0.4, 0.5) is 0 Å². The van der Waals surface area contributed by atoms with Crippen LogP contribution in [0.15, 0.2) is 18.2 Å². The number of aromatic hydroxyl groups is 1. The number of rotatable bonds is 7. The van der Waals surface area contributed by atoms with Crippen molar-refractivity contribution in [1.82, 2.24) is 5.32 Å². The Morgan fingerprint density at radius 3 is 2.43 bits per heavy atom. The molecule has 0 spiro atoms. The van der Waals surface area contributed by atoms with Gasteiger partial charge < -0.3 is 25.4 Å². The van der Waals surface area contributed by atoms with E-state index in [2.05, 4.69) is 5.32 Å². The van der Waals surface area contributed by atoms with Crippen molar-refractivity contribution in [3.05, 3.63) is 23.8 Å². The Hall–Kier alpha value is -2.77. The van der Waals surface area contributed by atoms with Crippen molar-refractivity contribution >= 4 is 17.8 Å². The first-order chi connectivity index (χ1) is 9.85. The summed E-state index contributed by atoms with van der Waals surface area (Å²) in [7, 11) is 1.39. The molecule has 0 radical (unpaired) electrons. The Morgan fingerprint density at radius 2 is 1.95 bits per heavy atom. The van der Waals surface area contributed by atoms with Gasteiger partial charge in [-0.2, -0.15) is 0 Å². The maximum atomic E-state index is 11.9. The molecule has 1 atom stereocenters. The molecule has 8 heteroatoms. The quantitative estimate of drug-likeness (QED) is 0.574. The number of phenolic OH excluding ortho intramolecular Hbond substituents is 1. The van der Waals surface area contributed by atoms with E-state index in [9.17, 15) is 19.5 Å². The van der Waals surface area contributed by atoms with Crippen molar-refractivity contribution < 1.29 is 34.4 Å². The Balaban J connectivity index is 2.82. The first-order valence-electron chi connectivity index (χ1n) is 5.97. The van der Waals surface area contributed by atoms with Gasteiger partial charge in [0.05, 0.1) is 12.7 Å². The summed E-state index contributed by atoms with van der Waals surface area (Å²) in [6, 6.07) is 2.57. The number of hydrogen-bond acceptors (Lipinski definition) is 5. The predicted molar refractivity (Wildman–Crippen MR) is 70.4 cm³/mol. The zero-order valence-corrected chi connectivity index (χ0v) is 11.2. The van der Waals surface area contributed by atoms with Gasteiger partial charge in [-0.15, -0.1) is 0 Å². The molecule has 0 bridgehead atoms. The molecule has 21 heavy (non-hydrogen) atoms. The molecule has 0 saturated carbocycles. The van der Waals surface area contributed by atoms with Gasteiger partial charge in [0, 0.05) is 12.5 Å². The van der Waals surface area contributed by atoms with Crippen LogP contribution in [0.3, 0.4) is 0 Å². The monoisotopic (exact) mass is 297 g/mol. The second-order valence-corrected chi connectivity index (χ2v) is 4.18. The number of methoxy groups -OCH3 is 1. The van der Waals surface area contributed by atoms with Crippen molar-refractivity contribution in [2.75, 3.05) is 7.11 Å². The lowest BCUT2D eigenvalue weighted by Crippen LogP contribution is -2.41. The van der Waals surface area contributed by atoms with Gasteiger partial charge in [-0.05, 0) is 18.6 Å². The largest absolute Gasteiger partial charge is 0.507 e. The second kappa shape index (κ2) is 7.13. The van der Waals surface area contributed by atoms with Crippen molar-refractivity contribution in [2.45, 2.75) is 18.9 Å². The number of nitrogens with one attached hydrogen (secondary N) is 1. The van der Waals surface area contributed by atoms with Gasteiger partial charge in [0.1, 0.15) is 17.5 Å². The number of hydrogen-bond donors (Lipinski definition) is 4.